The first kappa shape index (κ1) is 6.96. The molecule has 44 valence electrons. The van der Waals surface area contributed by atoms with E-state index in [2.05, 4.69) is 4.74 Å². The molecule has 0 atom stereocenters. The summed E-state index contributed by atoms with van der Waals surface area (Å²) >= 11 is 0. The monoisotopic (exact) mass is 112 g/mol. The van der Waals surface area contributed by atoms with Gasteiger partial charge < -0.3 is 4.74 Å². The summed E-state index contributed by atoms with van der Waals surface area (Å²) in [7, 11) is 1.43. The molecule has 0 saturated carbocycles. The maximum Gasteiger partial charge on any atom is 0.181 e. The lowest BCUT2D eigenvalue weighted by atomic mass is 10.3. The summed E-state index contributed by atoms with van der Waals surface area (Å²) in [6.07, 6.45) is 0.791. The summed E-state index contributed by atoms with van der Waals surface area (Å²) in [6.45, 7) is 0. The molecule has 0 aliphatic rings. The highest BCUT2D eigenvalue weighted by molar-refractivity contribution is 5.72. The van der Waals surface area contributed by atoms with Gasteiger partial charge in [0.1, 0.15) is 0 Å². The summed E-state index contributed by atoms with van der Waals surface area (Å²) in [5.74, 6) is 0.173. The van der Waals surface area contributed by atoms with Gasteiger partial charge in [0.15, 0.2) is 5.90 Å². The predicted octanol–water partition coefficient (Wildman–Crippen LogP) is 0.914. The maximum atomic E-state index is 8.01. The van der Waals surface area contributed by atoms with Crippen LogP contribution in [0.15, 0.2) is 0 Å². The predicted molar refractivity (Wildman–Crippen MR) is 29.6 cm³/mol. The van der Waals surface area contributed by atoms with Gasteiger partial charge in [-0.25, -0.2) is 0 Å². The van der Waals surface area contributed by atoms with Crippen molar-refractivity contribution >= 4 is 5.90 Å². The Morgan fingerprint density at radius 3 is 2.88 bits per heavy atom. The molecule has 0 aromatic heterocycles. The number of rotatable bonds is 2. The van der Waals surface area contributed by atoms with E-state index in [-0.39, 0.29) is 5.90 Å². The maximum absolute atomic E-state index is 8.01. The number of nitrogens with one attached hydrogen (secondary N) is 1. The van der Waals surface area contributed by atoms with E-state index in [0.29, 0.717) is 12.8 Å². The van der Waals surface area contributed by atoms with Gasteiger partial charge in [0.2, 0.25) is 0 Å². The van der Waals surface area contributed by atoms with E-state index in [1.165, 1.54) is 7.11 Å². The Balaban J connectivity index is 3.15. The van der Waals surface area contributed by atoms with E-state index in [1.54, 1.807) is 0 Å². The standard InChI is InChI=1S/C5H8N2O/c1-8-5(7)3-2-4-6/h7H,2-3H2,1H3. The Morgan fingerprint density at radius 2 is 2.50 bits per heavy atom. The van der Waals surface area contributed by atoms with Crippen molar-refractivity contribution in [3.8, 4) is 6.07 Å². The van der Waals surface area contributed by atoms with E-state index in [1.807, 2.05) is 6.07 Å². The third-order valence-electron chi connectivity index (χ3n) is 0.710. The highest BCUT2D eigenvalue weighted by Crippen LogP contribution is 1.87. The smallest absolute Gasteiger partial charge is 0.181 e. The summed E-state index contributed by atoms with van der Waals surface area (Å²) in [5.41, 5.74) is 0. The van der Waals surface area contributed by atoms with E-state index in [9.17, 15) is 0 Å². The van der Waals surface area contributed by atoms with Crippen LogP contribution in [0.5, 0.6) is 0 Å². The molecule has 1 N–H and O–H groups in total. The molecule has 0 aromatic carbocycles. The molecule has 0 fully saturated rings. The van der Waals surface area contributed by atoms with Gasteiger partial charge in [-0.1, -0.05) is 0 Å². The van der Waals surface area contributed by atoms with Crippen LogP contribution in [0.3, 0.4) is 0 Å². The van der Waals surface area contributed by atoms with E-state index in [4.69, 9.17) is 10.7 Å². The average Bonchev–Trinajstić information content (AvgIpc) is 1.83. The molecule has 8 heavy (non-hydrogen) atoms. The summed E-state index contributed by atoms with van der Waals surface area (Å²) in [4.78, 5) is 0. The summed E-state index contributed by atoms with van der Waals surface area (Å²) in [6, 6.07) is 1.91. The quantitative estimate of drug-likeness (QED) is 0.426. The van der Waals surface area contributed by atoms with Gasteiger partial charge in [0.25, 0.3) is 0 Å². The molecule has 0 heterocycles. The molecular formula is C5H8N2O. The normalized spacial score (nSPS) is 7.50. The summed E-state index contributed by atoms with van der Waals surface area (Å²) < 4.78 is 4.48. The van der Waals surface area contributed by atoms with Gasteiger partial charge in [-0.05, 0) is 0 Å². The Hall–Kier alpha value is -1.04. The molecule has 3 nitrogen and oxygen atoms in total. The zero-order valence-corrected chi connectivity index (χ0v) is 4.77. The number of nitriles is 1. The molecule has 0 radical (unpaired) electrons. The lowest BCUT2D eigenvalue weighted by molar-refractivity contribution is 0.386. The fraction of sp³-hybridized carbons (Fsp3) is 0.600. The molecule has 0 spiro atoms. The van der Waals surface area contributed by atoms with Gasteiger partial charge in [0.05, 0.1) is 13.2 Å². The van der Waals surface area contributed by atoms with Crippen molar-refractivity contribution < 1.29 is 4.74 Å². The molecular weight excluding hydrogens is 104 g/mol. The fourth-order valence-corrected chi connectivity index (χ4v) is 0.271. The number of hydrogen-bond acceptors (Lipinski definition) is 3. The first-order valence-corrected chi connectivity index (χ1v) is 2.29. The second kappa shape index (κ2) is 4.13. The molecule has 0 saturated heterocycles. The second-order valence-corrected chi connectivity index (χ2v) is 1.29. The third kappa shape index (κ3) is 3.16. The molecule has 0 unspecified atom stereocenters. The number of ether oxygens (including phenoxy) is 1. The van der Waals surface area contributed by atoms with Crippen LogP contribution in [0, 0.1) is 16.7 Å². The Kier molecular flexibility index (Phi) is 3.59. The molecule has 0 bridgehead atoms. The topological polar surface area (TPSA) is 56.9 Å². The second-order valence-electron chi connectivity index (χ2n) is 1.29. The van der Waals surface area contributed by atoms with Crippen LogP contribution >= 0.6 is 0 Å². The van der Waals surface area contributed by atoms with Crippen molar-refractivity contribution in [2.75, 3.05) is 7.11 Å². The van der Waals surface area contributed by atoms with Crippen LogP contribution in [-0.4, -0.2) is 13.0 Å². The fourth-order valence-electron chi connectivity index (χ4n) is 0.271. The van der Waals surface area contributed by atoms with Crippen LogP contribution in [0.2, 0.25) is 0 Å². The Bertz CT molecular complexity index is 114. The van der Waals surface area contributed by atoms with Crippen LogP contribution in [0.4, 0.5) is 0 Å². The lowest BCUT2D eigenvalue weighted by Gasteiger charge is -1.94. The molecule has 0 aliphatic carbocycles. The van der Waals surface area contributed by atoms with E-state index in [0.717, 1.165) is 0 Å². The van der Waals surface area contributed by atoms with Gasteiger partial charge in [0, 0.05) is 12.8 Å². The van der Waals surface area contributed by atoms with Crippen molar-refractivity contribution in [1.29, 1.82) is 10.7 Å². The SMILES string of the molecule is COC(=N)CCC#N. The minimum absolute atomic E-state index is 0.173. The Morgan fingerprint density at radius 1 is 1.88 bits per heavy atom. The van der Waals surface area contributed by atoms with Crippen LogP contribution < -0.4 is 0 Å². The van der Waals surface area contributed by atoms with Crippen molar-refractivity contribution in [1.82, 2.24) is 0 Å². The number of methoxy groups -OCH3 is 1. The van der Waals surface area contributed by atoms with Crippen molar-refractivity contribution in [3.05, 3.63) is 0 Å². The highest BCUT2D eigenvalue weighted by Gasteiger charge is 1.90. The Labute approximate surface area is 48.4 Å². The third-order valence-corrected chi connectivity index (χ3v) is 0.710. The molecule has 0 rings (SSSR count). The van der Waals surface area contributed by atoms with Crippen LogP contribution in [0.1, 0.15) is 12.8 Å². The molecule has 0 aliphatic heterocycles. The van der Waals surface area contributed by atoms with Gasteiger partial charge in [-0.2, -0.15) is 5.26 Å². The van der Waals surface area contributed by atoms with E-state index < -0.39 is 0 Å². The van der Waals surface area contributed by atoms with Crippen molar-refractivity contribution in [3.63, 3.8) is 0 Å². The number of nitrogens with zero attached hydrogens (tertiary/aromatic N) is 1. The minimum atomic E-state index is 0.173. The first-order chi connectivity index (χ1) is 3.81. The van der Waals surface area contributed by atoms with Gasteiger partial charge in [-0.15, -0.1) is 0 Å². The lowest BCUT2D eigenvalue weighted by Crippen LogP contribution is -1.96. The highest BCUT2D eigenvalue weighted by atomic mass is 16.5. The zero-order chi connectivity index (χ0) is 6.41. The van der Waals surface area contributed by atoms with E-state index >= 15 is 0 Å². The minimum Gasteiger partial charge on any atom is -0.484 e. The molecule has 0 aromatic rings. The van der Waals surface area contributed by atoms with Gasteiger partial charge in [-0.3, -0.25) is 5.41 Å². The van der Waals surface area contributed by atoms with Crippen molar-refractivity contribution in [2.45, 2.75) is 12.8 Å². The van der Waals surface area contributed by atoms with Crippen molar-refractivity contribution in [2.24, 2.45) is 0 Å². The molecule has 0 amide bonds. The number of hydrogen-bond donors (Lipinski definition) is 1. The first-order valence-electron chi connectivity index (χ1n) is 2.29. The molecule has 3 heteroatoms. The zero-order valence-electron chi connectivity index (χ0n) is 4.77. The summed E-state index contributed by atoms with van der Waals surface area (Å²) in [5, 5.41) is 14.9. The van der Waals surface area contributed by atoms with Gasteiger partial charge >= 0.3 is 0 Å². The van der Waals surface area contributed by atoms with Crippen LogP contribution in [0.25, 0.3) is 0 Å². The van der Waals surface area contributed by atoms with Crippen LogP contribution in [-0.2, 0) is 4.74 Å². The largest absolute Gasteiger partial charge is 0.484 e. The average molecular weight is 112 g/mol.